The fraction of sp³-hybridized carbons (Fsp3) is 0.286. The first-order chi connectivity index (χ1) is 16.7. The van der Waals surface area contributed by atoms with Crippen molar-refractivity contribution >= 4 is 23.6 Å². The summed E-state index contributed by atoms with van der Waals surface area (Å²) in [6, 6.07) is 24.3. The second-order valence-electron chi connectivity index (χ2n) is 9.05. The van der Waals surface area contributed by atoms with Gasteiger partial charge in [0.2, 0.25) is 0 Å². The van der Waals surface area contributed by atoms with E-state index in [0.29, 0.717) is 29.5 Å². The molecule has 3 rings (SSSR count). The van der Waals surface area contributed by atoms with E-state index in [-0.39, 0.29) is 19.0 Å². The smallest absolute Gasteiger partial charge is 0.407 e. The molecule has 0 atom stereocenters. The van der Waals surface area contributed by atoms with Gasteiger partial charge in [0.25, 0.3) is 5.91 Å². The fourth-order valence-corrected chi connectivity index (χ4v) is 3.47. The van der Waals surface area contributed by atoms with E-state index in [1.165, 1.54) is 0 Å². The number of carbonyl (C=O) groups excluding carboxylic acids is 2. The number of para-hydroxylation sites is 1. The Labute approximate surface area is 211 Å². The molecule has 0 aromatic heterocycles. The average Bonchev–Trinajstić information content (AvgIpc) is 2.83. The van der Waals surface area contributed by atoms with Crippen LogP contribution in [0.4, 0.5) is 4.79 Å². The number of halogens is 1. The average molecular weight is 495 g/mol. The van der Waals surface area contributed by atoms with Crippen LogP contribution in [0.3, 0.4) is 0 Å². The number of nitrogens with one attached hydrogen (secondary N) is 1. The third-order valence-electron chi connectivity index (χ3n) is 4.98. The summed E-state index contributed by atoms with van der Waals surface area (Å²) in [5.41, 5.74) is 1.78. The molecule has 0 aliphatic carbocycles. The van der Waals surface area contributed by atoms with Crippen molar-refractivity contribution < 1.29 is 19.1 Å². The number of rotatable bonds is 9. The number of alkyl carbamates (subject to hydrolysis) is 1. The summed E-state index contributed by atoms with van der Waals surface area (Å²) < 4.78 is 11.3. The third kappa shape index (κ3) is 8.65. The molecule has 2 amide bonds. The Morgan fingerprint density at radius 3 is 2.23 bits per heavy atom. The molecule has 0 saturated carbocycles. The quantitative estimate of drug-likeness (QED) is 0.391. The van der Waals surface area contributed by atoms with Gasteiger partial charge in [0, 0.05) is 24.7 Å². The van der Waals surface area contributed by atoms with E-state index in [4.69, 9.17) is 21.1 Å². The Kier molecular flexibility index (Phi) is 9.15. The van der Waals surface area contributed by atoms with E-state index in [1.807, 2.05) is 54.6 Å². The molecule has 6 nitrogen and oxygen atoms in total. The number of hydrogen-bond donors (Lipinski definition) is 1. The monoisotopic (exact) mass is 494 g/mol. The summed E-state index contributed by atoms with van der Waals surface area (Å²) >= 11 is 6.03. The van der Waals surface area contributed by atoms with Crippen LogP contribution >= 0.6 is 11.6 Å². The van der Waals surface area contributed by atoms with Gasteiger partial charge in [0.15, 0.2) is 0 Å². The number of benzene rings is 3. The second-order valence-corrected chi connectivity index (χ2v) is 9.49. The molecule has 7 heteroatoms. The van der Waals surface area contributed by atoms with Crippen molar-refractivity contribution in [2.75, 3.05) is 13.1 Å². The van der Waals surface area contributed by atoms with E-state index >= 15 is 0 Å². The molecule has 0 radical (unpaired) electrons. The van der Waals surface area contributed by atoms with Crippen LogP contribution in [0.5, 0.6) is 5.75 Å². The number of hydrogen-bond acceptors (Lipinski definition) is 4. The molecule has 0 heterocycles. The Bertz CT molecular complexity index is 1110. The highest BCUT2D eigenvalue weighted by atomic mass is 35.5. The molecule has 3 aromatic carbocycles. The molecule has 3 aromatic rings. The molecule has 35 heavy (non-hydrogen) atoms. The lowest BCUT2D eigenvalue weighted by Gasteiger charge is -2.25. The van der Waals surface area contributed by atoms with Crippen LogP contribution in [-0.4, -0.2) is 35.6 Å². The normalized spacial score (nSPS) is 11.0. The lowest BCUT2D eigenvalue weighted by atomic mass is 10.1. The molecular formula is C28H31ClN2O4. The van der Waals surface area contributed by atoms with Gasteiger partial charge >= 0.3 is 6.09 Å². The van der Waals surface area contributed by atoms with Crippen LogP contribution in [0, 0.1) is 0 Å². The zero-order valence-corrected chi connectivity index (χ0v) is 21.0. The predicted octanol–water partition coefficient (Wildman–Crippen LogP) is 6.09. The molecule has 0 spiro atoms. The molecule has 1 N–H and O–H groups in total. The van der Waals surface area contributed by atoms with Crippen LogP contribution in [-0.2, 0) is 17.9 Å². The van der Waals surface area contributed by atoms with Crippen molar-refractivity contribution in [1.29, 1.82) is 0 Å². The molecule has 0 aliphatic heterocycles. The van der Waals surface area contributed by atoms with Gasteiger partial charge in [-0.2, -0.15) is 0 Å². The molecule has 184 valence electrons. The summed E-state index contributed by atoms with van der Waals surface area (Å²) in [6.07, 6.45) is -0.525. The number of carbonyl (C=O) groups is 2. The van der Waals surface area contributed by atoms with Crippen LogP contribution in [0.2, 0.25) is 5.02 Å². The molecule has 0 fully saturated rings. The van der Waals surface area contributed by atoms with Crippen LogP contribution < -0.4 is 10.1 Å². The molecule has 0 saturated heterocycles. The minimum Gasteiger partial charge on any atom is -0.488 e. The minimum atomic E-state index is -0.599. The third-order valence-corrected chi connectivity index (χ3v) is 5.23. The first-order valence-corrected chi connectivity index (χ1v) is 11.9. The van der Waals surface area contributed by atoms with Crippen LogP contribution in [0.1, 0.15) is 42.3 Å². The Balaban J connectivity index is 1.75. The highest BCUT2D eigenvalue weighted by molar-refractivity contribution is 6.30. The van der Waals surface area contributed by atoms with E-state index in [1.54, 1.807) is 49.9 Å². The highest BCUT2D eigenvalue weighted by Crippen LogP contribution is 2.22. The maximum Gasteiger partial charge on any atom is 0.407 e. The predicted molar refractivity (Wildman–Crippen MR) is 138 cm³/mol. The number of amides is 2. The lowest BCUT2D eigenvalue weighted by Crippen LogP contribution is -2.40. The van der Waals surface area contributed by atoms with Gasteiger partial charge in [-0.15, -0.1) is 0 Å². The zero-order chi connectivity index (χ0) is 25.3. The van der Waals surface area contributed by atoms with Gasteiger partial charge in [-0.3, -0.25) is 4.79 Å². The molecular weight excluding hydrogens is 464 g/mol. The topological polar surface area (TPSA) is 67.9 Å². The van der Waals surface area contributed by atoms with Crippen molar-refractivity contribution in [2.24, 2.45) is 0 Å². The summed E-state index contributed by atoms with van der Waals surface area (Å²) in [6.45, 7) is 6.62. The Hall–Kier alpha value is -3.51. The van der Waals surface area contributed by atoms with Crippen molar-refractivity contribution in [3.8, 4) is 5.75 Å². The SMILES string of the molecule is CC(C)(C)OC(=O)NCCN(Cc1ccc(Cl)cc1)C(=O)c1ccccc1OCc1ccccc1. The van der Waals surface area contributed by atoms with Crippen molar-refractivity contribution in [2.45, 2.75) is 39.5 Å². The fourth-order valence-electron chi connectivity index (χ4n) is 3.34. The van der Waals surface area contributed by atoms with Crippen molar-refractivity contribution in [3.05, 3.63) is 101 Å². The largest absolute Gasteiger partial charge is 0.488 e. The number of nitrogens with zero attached hydrogens (tertiary/aromatic N) is 1. The van der Waals surface area contributed by atoms with Gasteiger partial charge in [0.05, 0.1) is 5.56 Å². The summed E-state index contributed by atoms with van der Waals surface area (Å²) in [7, 11) is 0. The van der Waals surface area contributed by atoms with E-state index in [9.17, 15) is 9.59 Å². The van der Waals surface area contributed by atoms with E-state index in [0.717, 1.165) is 11.1 Å². The van der Waals surface area contributed by atoms with Gasteiger partial charge in [-0.25, -0.2) is 4.79 Å². The Morgan fingerprint density at radius 1 is 0.886 bits per heavy atom. The standard InChI is InChI=1S/C28H31ClN2O4/c1-28(2,3)35-27(33)30-17-18-31(19-21-13-15-23(29)16-14-21)26(32)24-11-7-8-12-25(24)34-20-22-9-5-4-6-10-22/h4-16H,17-20H2,1-3H3,(H,30,33). The van der Waals surface area contributed by atoms with Crippen molar-refractivity contribution in [1.82, 2.24) is 10.2 Å². The highest BCUT2D eigenvalue weighted by Gasteiger charge is 2.21. The maximum atomic E-state index is 13.6. The minimum absolute atomic E-state index is 0.199. The van der Waals surface area contributed by atoms with Gasteiger partial charge in [-0.1, -0.05) is 66.2 Å². The summed E-state index contributed by atoms with van der Waals surface area (Å²) in [5, 5.41) is 3.35. The zero-order valence-electron chi connectivity index (χ0n) is 20.3. The first-order valence-electron chi connectivity index (χ1n) is 11.5. The van der Waals surface area contributed by atoms with Gasteiger partial charge < -0.3 is 19.7 Å². The first kappa shape index (κ1) is 26.1. The Morgan fingerprint density at radius 2 is 1.54 bits per heavy atom. The van der Waals surface area contributed by atoms with E-state index < -0.39 is 11.7 Å². The molecule has 0 bridgehead atoms. The molecule has 0 unspecified atom stereocenters. The van der Waals surface area contributed by atoms with Crippen molar-refractivity contribution in [3.63, 3.8) is 0 Å². The van der Waals surface area contributed by atoms with Gasteiger partial charge in [-0.05, 0) is 56.2 Å². The molecule has 0 aliphatic rings. The maximum absolute atomic E-state index is 13.6. The van der Waals surface area contributed by atoms with E-state index in [2.05, 4.69) is 5.32 Å². The van der Waals surface area contributed by atoms with Crippen LogP contribution in [0.25, 0.3) is 0 Å². The number of ether oxygens (including phenoxy) is 2. The summed E-state index contributed by atoms with van der Waals surface area (Å²) in [4.78, 5) is 27.4. The summed E-state index contributed by atoms with van der Waals surface area (Å²) in [5.74, 6) is 0.303. The van der Waals surface area contributed by atoms with Gasteiger partial charge in [0.1, 0.15) is 18.0 Å². The van der Waals surface area contributed by atoms with Crippen LogP contribution in [0.15, 0.2) is 78.9 Å². The second kappa shape index (κ2) is 12.3. The lowest BCUT2D eigenvalue weighted by molar-refractivity contribution is 0.0512.